The van der Waals surface area contributed by atoms with Crippen molar-refractivity contribution in [3.05, 3.63) is 12.2 Å². The highest BCUT2D eigenvalue weighted by Gasteiger charge is 2.51. The summed E-state index contributed by atoms with van der Waals surface area (Å²) in [6, 6.07) is 0.325. The Hall–Kier alpha value is -0.340. The Labute approximate surface area is 105 Å². The van der Waals surface area contributed by atoms with Crippen LogP contribution in [-0.4, -0.2) is 6.04 Å². The molecule has 4 fully saturated rings. The number of rotatable bonds is 4. The zero-order chi connectivity index (χ0) is 12.0. The van der Waals surface area contributed by atoms with E-state index in [1.807, 2.05) is 0 Å². The van der Waals surface area contributed by atoms with E-state index in [0.29, 0.717) is 11.5 Å². The van der Waals surface area contributed by atoms with Crippen molar-refractivity contribution in [2.45, 2.75) is 57.9 Å². The van der Waals surface area contributed by atoms with Gasteiger partial charge >= 0.3 is 0 Å². The second kappa shape index (κ2) is 4.10. The van der Waals surface area contributed by atoms with Gasteiger partial charge in [-0.25, -0.2) is 0 Å². The molecule has 0 saturated heterocycles. The maximum Gasteiger partial charge on any atom is 0.0419 e. The Morgan fingerprint density at radius 1 is 1.24 bits per heavy atom. The fourth-order valence-corrected chi connectivity index (χ4v) is 5.35. The van der Waals surface area contributed by atoms with Crippen LogP contribution < -0.4 is 11.3 Å². The molecule has 0 spiro atoms. The number of hydrazine groups is 1. The van der Waals surface area contributed by atoms with Crippen LogP contribution in [0.4, 0.5) is 0 Å². The highest BCUT2D eigenvalue weighted by atomic mass is 15.2. The van der Waals surface area contributed by atoms with Crippen molar-refractivity contribution in [3.8, 4) is 0 Å². The molecule has 0 aromatic carbocycles. The molecule has 0 aromatic heterocycles. The molecule has 4 aliphatic rings. The summed E-state index contributed by atoms with van der Waals surface area (Å²) < 4.78 is 0. The monoisotopic (exact) mass is 234 g/mol. The molecule has 96 valence electrons. The normalized spacial score (nSPS) is 44.9. The first-order chi connectivity index (χ1) is 8.10. The van der Waals surface area contributed by atoms with Crippen molar-refractivity contribution in [2.75, 3.05) is 0 Å². The lowest BCUT2D eigenvalue weighted by Gasteiger charge is -2.57. The third-order valence-electron chi connectivity index (χ3n) is 5.60. The van der Waals surface area contributed by atoms with Crippen molar-refractivity contribution < 1.29 is 0 Å². The molecule has 4 rings (SSSR count). The SMILES string of the molecule is C=C(C)C(CC12CC3CC(CC(C3)C1)C2)NN. The van der Waals surface area contributed by atoms with E-state index in [9.17, 15) is 0 Å². The second-order valence-electron chi connectivity index (χ2n) is 7.19. The van der Waals surface area contributed by atoms with E-state index in [0.717, 1.165) is 17.8 Å². The van der Waals surface area contributed by atoms with E-state index in [4.69, 9.17) is 5.84 Å². The fourth-order valence-electron chi connectivity index (χ4n) is 5.35. The van der Waals surface area contributed by atoms with Crippen LogP contribution in [0.5, 0.6) is 0 Å². The van der Waals surface area contributed by atoms with Crippen LogP contribution in [0.25, 0.3) is 0 Å². The zero-order valence-corrected chi connectivity index (χ0v) is 11.0. The molecule has 3 N–H and O–H groups in total. The van der Waals surface area contributed by atoms with Gasteiger partial charge < -0.3 is 0 Å². The molecular formula is C15H26N2. The predicted molar refractivity (Wildman–Crippen MR) is 71.1 cm³/mol. The van der Waals surface area contributed by atoms with E-state index < -0.39 is 0 Å². The molecule has 4 bridgehead atoms. The van der Waals surface area contributed by atoms with Crippen LogP contribution in [0.15, 0.2) is 12.2 Å². The van der Waals surface area contributed by atoms with Gasteiger partial charge in [-0.3, -0.25) is 11.3 Å². The Bertz CT molecular complexity index is 286. The number of nitrogens with two attached hydrogens (primary N) is 1. The second-order valence-corrected chi connectivity index (χ2v) is 7.19. The fraction of sp³-hybridized carbons (Fsp3) is 0.867. The summed E-state index contributed by atoms with van der Waals surface area (Å²) in [5, 5.41) is 0. The van der Waals surface area contributed by atoms with Crippen LogP contribution in [0, 0.1) is 23.2 Å². The molecule has 2 heteroatoms. The van der Waals surface area contributed by atoms with Gasteiger partial charge in [-0.15, -0.1) is 0 Å². The van der Waals surface area contributed by atoms with E-state index in [1.54, 1.807) is 0 Å². The van der Waals surface area contributed by atoms with Crippen molar-refractivity contribution in [3.63, 3.8) is 0 Å². The summed E-state index contributed by atoms with van der Waals surface area (Å²) in [4.78, 5) is 0. The standard InChI is InChI=1S/C15H26N2/c1-10(2)14(17-16)9-15-6-11-3-12(7-15)5-13(4-11)8-15/h11-14,17H,1,3-9,16H2,2H3. The van der Waals surface area contributed by atoms with Crippen LogP contribution in [-0.2, 0) is 0 Å². The summed E-state index contributed by atoms with van der Waals surface area (Å²) in [5.74, 6) is 8.79. The van der Waals surface area contributed by atoms with Crippen molar-refractivity contribution >= 4 is 0 Å². The third-order valence-corrected chi connectivity index (χ3v) is 5.60. The molecule has 0 amide bonds. The third kappa shape index (κ3) is 2.06. The molecule has 1 unspecified atom stereocenters. The van der Waals surface area contributed by atoms with Gasteiger partial charge in [0, 0.05) is 6.04 Å². The zero-order valence-electron chi connectivity index (χ0n) is 11.0. The van der Waals surface area contributed by atoms with E-state index >= 15 is 0 Å². The quantitative estimate of drug-likeness (QED) is 0.446. The average molecular weight is 234 g/mol. The average Bonchev–Trinajstić information content (AvgIpc) is 2.23. The van der Waals surface area contributed by atoms with E-state index in [-0.39, 0.29) is 0 Å². The van der Waals surface area contributed by atoms with Crippen LogP contribution >= 0.6 is 0 Å². The first kappa shape index (κ1) is 11.7. The first-order valence-corrected chi connectivity index (χ1v) is 7.22. The minimum atomic E-state index is 0.325. The summed E-state index contributed by atoms with van der Waals surface area (Å²) in [7, 11) is 0. The molecule has 4 saturated carbocycles. The Morgan fingerprint density at radius 2 is 1.71 bits per heavy atom. The summed E-state index contributed by atoms with van der Waals surface area (Å²) in [5.41, 5.74) is 4.78. The van der Waals surface area contributed by atoms with Gasteiger partial charge in [0.15, 0.2) is 0 Å². The minimum absolute atomic E-state index is 0.325. The predicted octanol–water partition coefficient (Wildman–Crippen LogP) is 3.00. The van der Waals surface area contributed by atoms with Crippen molar-refractivity contribution in [1.29, 1.82) is 0 Å². The highest BCUT2D eigenvalue weighted by Crippen LogP contribution is 2.61. The lowest BCUT2D eigenvalue weighted by atomic mass is 9.48. The number of hydrogen-bond donors (Lipinski definition) is 2. The molecule has 0 heterocycles. The lowest BCUT2D eigenvalue weighted by Crippen LogP contribution is -2.50. The largest absolute Gasteiger partial charge is 0.271 e. The van der Waals surface area contributed by atoms with Gasteiger partial charge in [-0.2, -0.15) is 0 Å². The lowest BCUT2D eigenvalue weighted by molar-refractivity contribution is -0.0603. The molecule has 0 aliphatic heterocycles. The molecule has 17 heavy (non-hydrogen) atoms. The van der Waals surface area contributed by atoms with Crippen molar-refractivity contribution in [2.24, 2.45) is 29.0 Å². The summed E-state index contributed by atoms with van der Waals surface area (Å²) in [6.45, 7) is 6.18. The molecular weight excluding hydrogens is 208 g/mol. The first-order valence-electron chi connectivity index (χ1n) is 7.22. The Morgan fingerprint density at radius 3 is 2.06 bits per heavy atom. The van der Waals surface area contributed by atoms with Crippen LogP contribution in [0.1, 0.15) is 51.9 Å². The van der Waals surface area contributed by atoms with E-state index in [2.05, 4.69) is 18.9 Å². The Kier molecular flexibility index (Phi) is 2.83. The van der Waals surface area contributed by atoms with E-state index in [1.165, 1.54) is 50.5 Å². The highest BCUT2D eigenvalue weighted by molar-refractivity contribution is 5.08. The smallest absolute Gasteiger partial charge is 0.0419 e. The summed E-state index contributed by atoms with van der Waals surface area (Å²) >= 11 is 0. The maximum atomic E-state index is 5.69. The van der Waals surface area contributed by atoms with Gasteiger partial charge in [0.25, 0.3) is 0 Å². The van der Waals surface area contributed by atoms with Crippen molar-refractivity contribution in [1.82, 2.24) is 5.43 Å². The van der Waals surface area contributed by atoms with Gasteiger partial charge in [-0.1, -0.05) is 12.2 Å². The van der Waals surface area contributed by atoms with Crippen LogP contribution in [0.2, 0.25) is 0 Å². The summed E-state index contributed by atoms with van der Waals surface area (Å²) in [6.07, 6.45) is 10.2. The van der Waals surface area contributed by atoms with Gasteiger partial charge in [0.05, 0.1) is 0 Å². The topological polar surface area (TPSA) is 38.0 Å². The molecule has 0 radical (unpaired) electrons. The maximum absolute atomic E-state index is 5.69. The Balaban J connectivity index is 1.75. The molecule has 1 atom stereocenters. The van der Waals surface area contributed by atoms with Crippen LogP contribution in [0.3, 0.4) is 0 Å². The molecule has 2 nitrogen and oxygen atoms in total. The van der Waals surface area contributed by atoms with Gasteiger partial charge in [0.2, 0.25) is 0 Å². The van der Waals surface area contributed by atoms with Gasteiger partial charge in [-0.05, 0) is 75.0 Å². The number of hydrogen-bond acceptors (Lipinski definition) is 2. The van der Waals surface area contributed by atoms with Gasteiger partial charge in [0.1, 0.15) is 0 Å². The minimum Gasteiger partial charge on any atom is -0.271 e. The molecule has 0 aromatic rings. The number of nitrogens with one attached hydrogen (secondary N) is 1. The molecule has 4 aliphatic carbocycles.